The Labute approximate surface area is 121 Å². The van der Waals surface area contributed by atoms with Crippen LogP contribution in [-0.4, -0.2) is 9.55 Å². The minimum Gasteiger partial charge on any atom is -0.365 e. The molecule has 4 nitrogen and oxygen atoms in total. The van der Waals surface area contributed by atoms with Gasteiger partial charge in [-0.2, -0.15) is 5.26 Å². The predicted molar refractivity (Wildman–Crippen MR) is 78.7 cm³/mol. The Kier molecular flexibility index (Phi) is 4.23. The lowest BCUT2D eigenvalue weighted by Crippen LogP contribution is -2.14. The molecule has 0 saturated heterocycles. The van der Waals surface area contributed by atoms with Crippen molar-refractivity contribution in [3.63, 3.8) is 0 Å². The van der Waals surface area contributed by atoms with Crippen molar-refractivity contribution in [1.82, 2.24) is 9.55 Å². The van der Waals surface area contributed by atoms with Crippen molar-refractivity contribution in [2.24, 2.45) is 0 Å². The molecule has 0 fully saturated rings. The standard InChI is InChI=1S/C14H15BrN4/c1-10(2)19-9-17-8-14(19)13(7-16)18-12-5-3-11(15)4-6-12/h3-6,8-10,13,18H,1-2H3. The van der Waals surface area contributed by atoms with Crippen LogP contribution >= 0.6 is 15.9 Å². The number of nitrogens with one attached hydrogen (secondary N) is 1. The Morgan fingerprint density at radius 3 is 2.58 bits per heavy atom. The summed E-state index contributed by atoms with van der Waals surface area (Å²) in [5, 5.41) is 12.6. The summed E-state index contributed by atoms with van der Waals surface area (Å²) >= 11 is 3.39. The van der Waals surface area contributed by atoms with Gasteiger partial charge in [-0.25, -0.2) is 4.98 Å². The highest BCUT2D eigenvalue weighted by Gasteiger charge is 2.16. The van der Waals surface area contributed by atoms with Gasteiger partial charge in [-0.05, 0) is 38.1 Å². The quantitative estimate of drug-likeness (QED) is 0.930. The number of rotatable bonds is 4. The molecule has 0 radical (unpaired) electrons. The highest BCUT2D eigenvalue weighted by atomic mass is 79.9. The summed E-state index contributed by atoms with van der Waals surface area (Å²) in [7, 11) is 0. The Balaban J connectivity index is 2.23. The van der Waals surface area contributed by atoms with Crippen LogP contribution in [-0.2, 0) is 0 Å². The monoisotopic (exact) mass is 318 g/mol. The van der Waals surface area contributed by atoms with Gasteiger partial charge in [-0.15, -0.1) is 0 Å². The van der Waals surface area contributed by atoms with E-state index in [1.54, 1.807) is 12.5 Å². The van der Waals surface area contributed by atoms with Gasteiger partial charge >= 0.3 is 0 Å². The fourth-order valence-corrected chi connectivity index (χ4v) is 2.12. The number of nitrogens with zero attached hydrogens (tertiary/aromatic N) is 3. The Morgan fingerprint density at radius 1 is 1.32 bits per heavy atom. The molecule has 98 valence electrons. The minimum absolute atomic E-state index is 0.278. The van der Waals surface area contributed by atoms with Crippen LogP contribution in [0, 0.1) is 11.3 Å². The molecule has 0 spiro atoms. The van der Waals surface area contributed by atoms with E-state index in [4.69, 9.17) is 0 Å². The maximum absolute atomic E-state index is 9.36. The summed E-state index contributed by atoms with van der Waals surface area (Å²) in [6.07, 6.45) is 3.49. The fraction of sp³-hybridized carbons (Fsp3) is 0.286. The largest absolute Gasteiger partial charge is 0.365 e. The molecule has 2 rings (SSSR count). The van der Waals surface area contributed by atoms with Crippen molar-refractivity contribution in [3.05, 3.63) is 47.0 Å². The highest BCUT2D eigenvalue weighted by Crippen LogP contribution is 2.22. The van der Waals surface area contributed by atoms with Crippen LogP contribution in [0.2, 0.25) is 0 Å². The number of hydrogen-bond donors (Lipinski definition) is 1. The number of hydrogen-bond acceptors (Lipinski definition) is 3. The molecule has 0 amide bonds. The van der Waals surface area contributed by atoms with Crippen LogP contribution in [0.3, 0.4) is 0 Å². The van der Waals surface area contributed by atoms with Crippen LogP contribution in [0.4, 0.5) is 5.69 Å². The third-order valence-electron chi connectivity index (χ3n) is 2.83. The van der Waals surface area contributed by atoms with E-state index in [0.717, 1.165) is 15.9 Å². The third-order valence-corrected chi connectivity index (χ3v) is 3.36. The molecular weight excluding hydrogens is 304 g/mol. The molecule has 0 aliphatic heterocycles. The molecule has 1 heterocycles. The summed E-state index contributed by atoms with van der Waals surface area (Å²) in [6.45, 7) is 4.14. The van der Waals surface area contributed by atoms with Crippen LogP contribution in [0.25, 0.3) is 0 Å². The number of halogens is 1. The average Bonchev–Trinajstić information content (AvgIpc) is 2.87. The molecule has 19 heavy (non-hydrogen) atoms. The first-order valence-corrected chi connectivity index (χ1v) is 6.84. The molecule has 5 heteroatoms. The second-order valence-corrected chi connectivity index (χ2v) is 5.45. The van der Waals surface area contributed by atoms with E-state index in [2.05, 4.69) is 46.1 Å². The maximum Gasteiger partial charge on any atom is 0.156 e. The van der Waals surface area contributed by atoms with Gasteiger partial charge in [0.2, 0.25) is 0 Å². The zero-order chi connectivity index (χ0) is 13.8. The van der Waals surface area contributed by atoms with E-state index >= 15 is 0 Å². The zero-order valence-electron chi connectivity index (χ0n) is 10.8. The summed E-state index contributed by atoms with van der Waals surface area (Å²) in [4.78, 5) is 4.13. The maximum atomic E-state index is 9.36. The van der Waals surface area contributed by atoms with E-state index in [0.29, 0.717) is 0 Å². The first-order valence-electron chi connectivity index (χ1n) is 6.05. The second kappa shape index (κ2) is 5.89. The van der Waals surface area contributed by atoms with E-state index in [-0.39, 0.29) is 6.04 Å². The van der Waals surface area contributed by atoms with Gasteiger partial charge in [0, 0.05) is 16.2 Å². The van der Waals surface area contributed by atoms with E-state index in [9.17, 15) is 5.26 Å². The second-order valence-electron chi connectivity index (χ2n) is 4.53. The zero-order valence-corrected chi connectivity index (χ0v) is 12.4. The molecule has 1 atom stereocenters. The van der Waals surface area contributed by atoms with E-state index in [1.165, 1.54) is 0 Å². The third kappa shape index (κ3) is 3.15. The van der Waals surface area contributed by atoms with Crippen LogP contribution < -0.4 is 5.32 Å². The summed E-state index contributed by atoms with van der Waals surface area (Å²) in [5.74, 6) is 0. The molecule has 2 aromatic rings. The fourth-order valence-electron chi connectivity index (χ4n) is 1.86. The number of nitriles is 1. The summed E-state index contributed by atoms with van der Waals surface area (Å²) in [5.41, 5.74) is 1.78. The molecule has 0 aliphatic carbocycles. The lowest BCUT2D eigenvalue weighted by Gasteiger charge is -2.17. The van der Waals surface area contributed by atoms with Gasteiger partial charge < -0.3 is 9.88 Å². The van der Waals surface area contributed by atoms with E-state index < -0.39 is 6.04 Å². The van der Waals surface area contributed by atoms with Crippen LogP contribution in [0.1, 0.15) is 31.6 Å². The molecule has 1 unspecified atom stereocenters. The number of imidazole rings is 1. The Hall–Kier alpha value is -1.80. The first kappa shape index (κ1) is 13.6. The molecule has 0 aliphatic rings. The molecule has 0 saturated carbocycles. The van der Waals surface area contributed by atoms with Crippen molar-refractivity contribution >= 4 is 21.6 Å². The smallest absolute Gasteiger partial charge is 0.156 e. The molecular formula is C14H15BrN4. The van der Waals surface area contributed by atoms with Gasteiger partial charge in [0.25, 0.3) is 0 Å². The van der Waals surface area contributed by atoms with Gasteiger partial charge in [0.15, 0.2) is 6.04 Å². The number of aromatic nitrogens is 2. The molecule has 0 bridgehead atoms. The van der Waals surface area contributed by atoms with Gasteiger partial charge in [-0.3, -0.25) is 0 Å². The van der Waals surface area contributed by atoms with Gasteiger partial charge in [0.05, 0.1) is 24.3 Å². The van der Waals surface area contributed by atoms with E-state index in [1.807, 2.05) is 28.8 Å². The lowest BCUT2D eigenvalue weighted by atomic mass is 10.2. The van der Waals surface area contributed by atoms with Crippen molar-refractivity contribution in [1.29, 1.82) is 5.26 Å². The first-order chi connectivity index (χ1) is 9.11. The minimum atomic E-state index is -0.411. The lowest BCUT2D eigenvalue weighted by molar-refractivity contribution is 0.570. The normalized spacial score (nSPS) is 12.2. The molecule has 1 aromatic heterocycles. The van der Waals surface area contributed by atoms with Crippen molar-refractivity contribution in [2.45, 2.75) is 25.9 Å². The summed E-state index contributed by atoms with van der Waals surface area (Å²) < 4.78 is 3.01. The Morgan fingerprint density at radius 2 is 2.00 bits per heavy atom. The highest BCUT2D eigenvalue weighted by molar-refractivity contribution is 9.10. The van der Waals surface area contributed by atoms with Crippen molar-refractivity contribution in [2.75, 3.05) is 5.32 Å². The van der Waals surface area contributed by atoms with Gasteiger partial charge in [-0.1, -0.05) is 15.9 Å². The Bertz CT molecular complexity index is 580. The average molecular weight is 319 g/mol. The van der Waals surface area contributed by atoms with Crippen molar-refractivity contribution < 1.29 is 0 Å². The van der Waals surface area contributed by atoms with Gasteiger partial charge in [0.1, 0.15) is 0 Å². The molecule has 1 N–H and O–H groups in total. The SMILES string of the molecule is CC(C)n1cncc1C(C#N)Nc1ccc(Br)cc1. The van der Waals surface area contributed by atoms with Crippen LogP contribution in [0.5, 0.6) is 0 Å². The number of benzene rings is 1. The molecule has 1 aromatic carbocycles. The topological polar surface area (TPSA) is 53.6 Å². The number of anilines is 1. The summed E-state index contributed by atoms with van der Waals surface area (Å²) in [6, 6.07) is 9.90. The predicted octanol–water partition coefficient (Wildman–Crippen LogP) is 3.90. The van der Waals surface area contributed by atoms with Crippen LogP contribution in [0.15, 0.2) is 41.3 Å². The van der Waals surface area contributed by atoms with Crippen molar-refractivity contribution in [3.8, 4) is 6.07 Å².